The van der Waals surface area contributed by atoms with Crippen molar-refractivity contribution in [1.82, 2.24) is 19.9 Å². The highest BCUT2D eigenvalue weighted by atomic mass is 16.5. The number of nitrogens with zero attached hydrogens (tertiary/aromatic N) is 4. The Balaban J connectivity index is 1.95. The smallest absolute Gasteiger partial charge is 0.358 e. The summed E-state index contributed by atoms with van der Waals surface area (Å²) in [7, 11) is 1.57. The number of likely N-dealkylation sites (tertiary alicyclic amines) is 1. The maximum Gasteiger partial charge on any atom is 0.358 e. The Morgan fingerprint density at radius 3 is 2.70 bits per heavy atom. The lowest BCUT2D eigenvalue weighted by Crippen LogP contribution is -2.24. The van der Waals surface area contributed by atoms with Crippen molar-refractivity contribution < 1.29 is 14.6 Å². The van der Waals surface area contributed by atoms with E-state index in [1.165, 1.54) is 12.8 Å². The highest BCUT2D eigenvalue weighted by Crippen LogP contribution is 2.31. The highest BCUT2D eigenvalue weighted by Gasteiger charge is 2.23. The molecule has 1 saturated heterocycles. The zero-order chi connectivity index (χ0) is 16.2. The third kappa shape index (κ3) is 3.19. The van der Waals surface area contributed by atoms with E-state index >= 15 is 0 Å². The first kappa shape index (κ1) is 15.5. The molecule has 0 bridgehead atoms. The SMILES string of the molecule is COc1ccccc1-c1c(C(=O)O)nnn1CCN1CCCC1. The topological polar surface area (TPSA) is 80.5 Å². The first-order valence-electron chi connectivity index (χ1n) is 7.73. The fraction of sp³-hybridized carbons (Fsp3) is 0.438. The van der Waals surface area contributed by atoms with Crippen molar-refractivity contribution in [2.75, 3.05) is 26.7 Å². The maximum atomic E-state index is 11.5. The molecule has 0 atom stereocenters. The second kappa shape index (κ2) is 6.78. The number of para-hydroxylation sites is 1. The molecule has 23 heavy (non-hydrogen) atoms. The van der Waals surface area contributed by atoms with E-state index in [9.17, 15) is 9.90 Å². The van der Waals surface area contributed by atoms with Gasteiger partial charge in [0.1, 0.15) is 11.4 Å². The van der Waals surface area contributed by atoms with E-state index in [2.05, 4.69) is 15.2 Å². The van der Waals surface area contributed by atoms with Crippen LogP contribution in [0.15, 0.2) is 24.3 Å². The van der Waals surface area contributed by atoms with Crippen molar-refractivity contribution in [2.45, 2.75) is 19.4 Å². The van der Waals surface area contributed by atoms with Crippen LogP contribution in [-0.2, 0) is 6.54 Å². The lowest BCUT2D eigenvalue weighted by molar-refractivity contribution is 0.0691. The molecule has 7 heteroatoms. The molecule has 1 N–H and O–H groups in total. The molecule has 0 spiro atoms. The highest BCUT2D eigenvalue weighted by molar-refractivity contribution is 5.93. The van der Waals surface area contributed by atoms with E-state index < -0.39 is 5.97 Å². The van der Waals surface area contributed by atoms with Crippen LogP contribution in [0.25, 0.3) is 11.3 Å². The van der Waals surface area contributed by atoms with Gasteiger partial charge in [0.2, 0.25) is 0 Å². The average Bonchev–Trinajstić information content (AvgIpc) is 3.22. The number of rotatable bonds is 6. The first-order valence-corrected chi connectivity index (χ1v) is 7.73. The molecular weight excluding hydrogens is 296 g/mol. The van der Waals surface area contributed by atoms with Gasteiger partial charge < -0.3 is 14.7 Å². The molecule has 1 aromatic heterocycles. The lowest BCUT2D eigenvalue weighted by Gasteiger charge is -2.16. The quantitative estimate of drug-likeness (QED) is 0.874. The third-order valence-electron chi connectivity index (χ3n) is 4.13. The Labute approximate surface area is 134 Å². The molecule has 3 rings (SSSR count). The minimum absolute atomic E-state index is 0.0454. The summed E-state index contributed by atoms with van der Waals surface area (Å²) in [5.41, 5.74) is 1.14. The van der Waals surface area contributed by atoms with Gasteiger partial charge in [-0.3, -0.25) is 0 Å². The van der Waals surface area contributed by atoms with Crippen LogP contribution >= 0.6 is 0 Å². The summed E-state index contributed by atoms with van der Waals surface area (Å²) in [4.78, 5) is 13.9. The van der Waals surface area contributed by atoms with Crippen LogP contribution < -0.4 is 4.74 Å². The van der Waals surface area contributed by atoms with Gasteiger partial charge in [0.05, 0.1) is 13.7 Å². The van der Waals surface area contributed by atoms with Crippen molar-refractivity contribution in [2.24, 2.45) is 0 Å². The molecule has 0 saturated carbocycles. The van der Waals surface area contributed by atoms with Gasteiger partial charge >= 0.3 is 5.97 Å². The van der Waals surface area contributed by atoms with E-state index in [1.807, 2.05) is 18.2 Å². The minimum atomic E-state index is -1.08. The number of hydrogen-bond donors (Lipinski definition) is 1. The second-order valence-electron chi connectivity index (χ2n) is 5.56. The predicted octanol–water partition coefficient (Wildman–Crippen LogP) is 1.75. The predicted molar refractivity (Wildman–Crippen MR) is 84.6 cm³/mol. The van der Waals surface area contributed by atoms with Gasteiger partial charge in [-0.05, 0) is 38.1 Å². The van der Waals surface area contributed by atoms with Gasteiger partial charge in [-0.15, -0.1) is 5.10 Å². The average molecular weight is 316 g/mol. The van der Waals surface area contributed by atoms with Gasteiger partial charge in [-0.25, -0.2) is 9.48 Å². The van der Waals surface area contributed by atoms with Crippen LogP contribution in [0.4, 0.5) is 0 Å². The van der Waals surface area contributed by atoms with Crippen LogP contribution in [0, 0.1) is 0 Å². The van der Waals surface area contributed by atoms with Crippen LogP contribution in [-0.4, -0.2) is 57.7 Å². The Bertz CT molecular complexity index is 692. The Morgan fingerprint density at radius 2 is 2.00 bits per heavy atom. The summed E-state index contributed by atoms with van der Waals surface area (Å²) in [5, 5.41) is 17.3. The van der Waals surface area contributed by atoms with Crippen LogP contribution in [0.3, 0.4) is 0 Å². The number of carboxylic acid groups (broad SMARTS) is 1. The first-order chi connectivity index (χ1) is 11.2. The minimum Gasteiger partial charge on any atom is -0.496 e. The number of ether oxygens (including phenoxy) is 1. The van der Waals surface area contributed by atoms with Gasteiger partial charge in [-0.1, -0.05) is 17.3 Å². The summed E-state index contributed by atoms with van der Waals surface area (Å²) < 4.78 is 7.03. The number of carboxylic acids is 1. The molecule has 1 aromatic carbocycles. The molecule has 1 aliphatic heterocycles. The Hall–Kier alpha value is -2.41. The monoisotopic (exact) mass is 316 g/mol. The van der Waals surface area contributed by atoms with Crippen molar-refractivity contribution in [3.63, 3.8) is 0 Å². The number of carbonyl (C=O) groups is 1. The Morgan fingerprint density at radius 1 is 1.26 bits per heavy atom. The summed E-state index contributed by atoms with van der Waals surface area (Å²) in [6.07, 6.45) is 2.44. The number of aromatic carboxylic acids is 1. The molecule has 122 valence electrons. The fourth-order valence-corrected chi connectivity index (χ4v) is 2.96. The largest absolute Gasteiger partial charge is 0.496 e. The summed E-state index contributed by atoms with van der Waals surface area (Å²) in [6.45, 7) is 3.62. The van der Waals surface area contributed by atoms with Gasteiger partial charge in [-0.2, -0.15) is 0 Å². The zero-order valence-corrected chi connectivity index (χ0v) is 13.1. The number of benzene rings is 1. The van der Waals surface area contributed by atoms with Crippen LogP contribution in [0.5, 0.6) is 5.75 Å². The van der Waals surface area contributed by atoms with E-state index in [4.69, 9.17) is 4.74 Å². The van der Waals surface area contributed by atoms with Gasteiger partial charge in [0.15, 0.2) is 5.69 Å². The van der Waals surface area contributed by atoms with Crippen molar-refractivity contribution in [3.05, 3.63) is 30.0 Å². The summed E-state index contributed by atoms with van der Waals surface area (Å²) in [5.74, 6) is -0.474. The molecule has 0 radical (unpaired) electrons. The van der Waals surface area contributed by atoms with Crippen molar-refractivity contribution >= 4 is 5.97 Å². The van der Waals surface area contributed by atoms with E-state index in [0.717, 1.165) is 19.6 Å². The molecule has 1 aliphatic rings. The van der Waals surface area contributed by atoms with Crippen molar-refractivity contribution in [1.29, 1.82) is 0 Å². The normalized spacial score (nSPS) is 15.0. The summed E-state index contributed by atoms with van der Waals surface area (Å²) >= 11 is 0. The second-order valence-corrected chi connectivity index (χ2v) is 5.56. The molecule has 7 nitrogen and oxygen atoms in total. The van der Waals surface area contributed by atoms with Crippen LogP contribution in [0.2, 0.25) is 0 Å². The molecule has 0 unspecified atom stereocenters. The standard InChI is InChI=1S/C16H20N4O3/c1-23-13-7-3-2-6-12(13)15-14(16(21)22)17-18-20(15)11-10-19-8-4-5-9-19/h2-3,6-7H,4-5,8-11H2,1H3,(H,21,22). The fourth-order valence-electron chi connectivity index (χ4n) is 2.96. The van der Waals surface area contributed by atoms with Gasteiger partial charge in [0.25, 0.3) is 0 Å². The molecule has 2 heterocycles. The number of methoxy groups -OCH3 is 1. The van der Waals surface area contributed by atoms with Crippen LogP contribution in [0.1, 0.15) is 23.3 Å². The molecule has 0 amide bonds. The molecular formula is C16H20N4O3. The number of hydrogen-bond acceptors (Lipinski definition) is 5. The summed E-state index contributed by atoms with van der Waals surface area (Å²) in [6, 6.07) is 7.33. The van der Waals surface area contributed by atoms with E-state index in [0.29, 0.717) is 23.6 Å². The number of aromatic nitrogens is 3. The van der Waals surface area contributed by atoms with Crippen molar-refractivity contribution in [3.8, 4) is 17.0 Å². The van der Waals surface area contributed by atoms with E-state index in [1.54, 1.807) is 17.9 Å². The van der Waals surface area contributed by atoms with Gasteiger partial charge in [0, 0.05) is 12.1 Å². The Kier molecular flexibility index (Phi) is 4.57. The lowest BCUT2D eigenvalue weighted by atomic mass is 10.1. The molecule has 1 fully saturated rings. The molecule has 0 aliphatic carbocycles. The zero-order valence-electron chi connectivity index (χ0n) is 13.1. The van der Waals surface area contributed by atoms with E-state index in [-0.39, 0.29) is 5.69 Å². The maximum absolute atomic E-state index is 11.5. The molecule has 2 aromatic rings. The third-order valence-corrected chi connectivity index (χ3v) is 4.13.